The molecule has 1 saturated heterocycles. The molecule has 2 atom stereocenters. The zero-order chi connectivity index (χ0) is 14.9. The molecular formula is C14H24N2O4. The van der Waals surface area contributed by atoms with Crippen molar-refractivity contribution < 1.29 is 19.1 Å². The average molecular weight is 284 g/mol. The second-order valence-electron chi connectivity index (χ2n) is 6.32. The number of carbonyl (C=O) groups excluding carboxylic acids is 2. The van der Waals surface area contributed by atoms with Crippen molar-refractivity contribution in [2.24, 2.45) is 0 Å². The Balaban J connectivity index is 1.84. The lowest BCUT2D eigenvalue weighted by atomic mass is 10.2. The molecule has 114 valence electrons. The molecule has 1 saturated carbocycles. The number of piperazine rings is 1. The van der Waals surface area contributed by atoms with Gasteiger partial charge in [-0.2, -0.15) is 0 Å². The van der Waals surface area contributed by atoms with Crippen molar-refractivity contribution in [1.82, 2.24) is 9.80 Å². The molecule has 6 heteroatoms. The van der Waals surface area contributed by atoms with Crippen molar-refractivity contribution >= 4 is 12.1 Å². The van der Waals surface area contributed by atoms with Gasteiger partial charge in [0.25, 0.3) is 0 Å². The first-order valence-electron chi connectivity index (χ1n) is 7.21. The fourth-order valence-electron chi connectivity index (χ4n) is 2.58. The van der Waals surface area contributed by atoms with Gasteiger partial charge in [-0.15, -0.1) is 0 Å². The Labute approximate surface area is 120 Å². The van der Waals surface area contributed by atoms with Gasteiger partial charge in [0.15, 0.2) is 0 Å². The highest BCUT2D eigenvalue weighted by Crippen LogP contribution is 2.37. The first-order chi connectivity index (χ1) is 9.31. The number of ether oxygens (including phenoxy) is 2. The van der Waals surface area contributed by atoms with Gasteiger partial charge in [-0.1, -0.05) is 0 Å². The molecule has 0 spiro atoms. The van der Waals surface area contributed by atoms with E-state index >= 15 is 0 Å². The lowest BCUT2D eigenvalue weighted by molar-refractivity contribution is -0.144. The van der Waals surface area contributed by atoms with Crippen LogP contribution in [0.3, 0.4) is 0 Å². The van der Waals surface area contributed by atoms with Crippen LogP contribution in [0.5, 0.6) is 0 Å². The fourth-order valence-corrected chi connectivity index (χ4v) is 2.58. The van der Waals surface area contributed by atoms with Gasteiger partial charge in [0.2, 0.25) is 0 Å². The lowest BCUT2D eigenvalue weighted by Gasteiger charge is -2.34. The van der Waals surface area contributed by atoms with Crippen molar-refractivity contribution in [2.45, 2.75) is 51.8 Å². The number of hydrogen-bond donors (Lipinski definition) is 0. The quantitative estimate of drug-likeness (QED) is 0.730. The van der Waals surface area contributed by atoms with Crippen LogP contribution in [0.15, 0.2) is 0 Å². The van der Waals surface area contributed by atoms with Crippen LogP contribution >= 0.6 is 0 Å². The topological polar surface area (TPSA) is 59.1 Å². The molecule has 0 radical (unpaired) electrons. The Morgan fingerprint density at radius 1 is 1.20 bits per heavy atom. The fraction of sp³-hybridized carbons (Fsp3) is 0.857. The number of amides is 1. The summed E-state index contributed by atoms with van der Waals surface area (Å²) in [6.07, 6.45) is 0.666. The Morgan fingerprint density at radius 2 is 1.90 bits per heavy atom. The molecule has 2 fully saturated rings. The van der Waals surface area contributed by atoms with E-state index in [-0.39, 0.29) is 24.1 Å². The third-order valence-corrected chi connectivity index (χ3v) is 3.49. The molecule has 6 nitrogen and oxygen atoms in total. The molecule has 0 aromatic carbocycles. The first-order valence-corrected chi connectivity index (χ1v) is 7.21. The summed E-state index contributed by atoms with van der Waals surface area (Å²) >= 11 is 0. The molecule has 1 amide bonds. The maximum absolute atomic E-state index is 12.1. The van der Waals surface area contributed by atoms with E-state index in [1.165, 1.54) is 0 Å². The second kappa shape index (κ2) is 5.60. The predicted molar refractivity (Wildman–Crippen MR) is 73.3 cm³/mol. The Bertz CT molecular complexity index is 391. The Kier molecular flexibility index (Phi) is 4.22. The highest BCUT2D eigenvalue weighted by Gasteiger charge is 2.51. The number of hydrogen-bond acceptors (Lipinski definition) is 5. The van der Waals surface area contributed by atoms with Crippen LogP contribution in [0.25, 0.3) is 0 Å². The van der Waals surface area contributed by atoms with E-state index in [2.05, 4.69) is 4.90 Å². The van der Waals surface area contributed by atoms with Crippen LogP contribution in [0.4, 0.5) is 4.79 Å². The monoisotopic (exact) mass is 284 g/mol. The highest BCUT2D eigenvalue weighted by atomic mass is 16.6. The highest BCUT2D eigenvalue weighted by molar-refractivity contribution is 5.72. The van der Waals surface area contributed by atoms with Crippen molar-refractivity contribution in [2.75, 3.05) is 26.2 Å². The maximum atomic E-state index is 12.1. The number of esters is 1. The Morgan fingerprint density at radius 3 is 2.50 bits per heavy atom. The molecule has 1 aliphatic heterocycles. The lowest BCUT2D eigenvalue weighted by Crippen LogP contribution is -2.51. The normalized spacial score (nSPS) is 25.9. The van der Waals surface area contributed by atoms with E-state index in [1.807, 2.05) is 20.8 Å². The van der Waals surface area contributed by atoms with Gasteiger partial charge in [0, 0.05) is 19.1 Å². The average Bonchev–Trinajstić information content (AvgIpc) is 3.07. The van der Waals surface area contributed by atoms with Crippen molar-refractivity contribution in [3.8, 4) is 0 Å². The van der Waals surface area contributed by atoms with E-state index in [4.69, 9.17) is 9.47 Å². The number of fused-ring (bicyclic) bond motifs is 1. The standard InChI is InChI=1S/C14H24N2O4/c1-5-19-12(17)9-15-6-7-16(11-8-10(11)15)13(18)20-14(2,3)4/h10-11H,5-9H2,1-4H3. The molecule has 0 N–H and O–H groups in total. The summed E-state index contributed by atoms with van der Waals surface area (Å²) in [6, 6.07) is 0.466. The molecule has 2 rings (SSSR count). The van der Waals surface area contributed by atoms with E-state index < -0.39 is 5.60 Å². The summed E-state index contributed by atoms with van der Waals surface area (Å²) < 4.78 is 10.4. The number of rotatable bonds is 3. The summed E-state index contributed by atoms with van der Waals surface area (Å²) in [5.74, 6) is -0.191. The molecule has 2 unspecified atom stereocenters. The van der Waals surface area contributed by atoms with Gasteiger partial charge in [-0.3, -0.25) is 9.69 Å². The molecule has 0 aromatic rings. The third kappa shape index (κ3) is 3.62. The number of carbonyl (C=O) groups is 2. The minimum Gasteiger partial charge on any atom is -0.465 e. The van der Waals surface area contributed by atoms with Crippen molar-refractivity contribution in [3.05, 3.63) is 0 Å². The summed E-state index contributed by atoms with van der Waals surface area (Å²) in [6.45, 7) is 9.43. The van der Waals surface area contributed by atoms with E-state index in [0.717, 1.165) is 6.42 Å². The van der Waals surface area contributed by atoms with Crippen LogP contribution in [0, 0.1) is 0 Å². The molecule has 0 bridgehead atoms. The van der Waals surface area contributed by atoms with Gasteiger partial charge < -0.3 is 14.4 Å². The predicted octanol–water partition coefficient (Wildman–Crippen LogP) is 1.24. The van der Waals surface area contributed by atoms with Gasteiger partial charge in [0.1, 0.15) is 5.60 Å². The molecular weight excluding hydrogens is 260 g/mol. The van der Waals surface area contributed by atoms with E-state index in [0.29, 0.717) is 26.2 Å². The Hall–Kier alpha value is -1.30. The van der Waals surface area contributed by atoms with Crippen LogP contribution in [0.2, 0.25) is 0 Å². The molecule has 20 heavy (non-hydrogen) atoms. The van der Waals surface area contributed by atoms with Gasteiger partial charge in [-0.05, 0) is 34.1 Å². The maximum Gasteiger partial charge on any atom is 0.410 e. The van der Waals surface area contributed by atoms with Crippen molar-refractivity contribution in [3.63, 3.8) is 0 Å². The van der Waals surface area contributed by atoms with Crippen molar-refractivity contribution in [1.29, 1.82) is 0 Å². The summed E-state index contributed by atoms with van der Waals surface area (Å²) in [5.41, 5.74) is -0.469. The van der Waals surface area contributed by atoms with Crippen LogP contribution in [-0.4, -0.2) is 65.8 Å². The summed E-state index contributed by atoms with van der Waals surface area (Å²) in [7, 11) is 0. The van der Waals surface area contributed by atoms with E-state index in [9.17, 15) is 9.59 Å². The van der Waals surface area contributed by atoms with E-state index in [1.54, 1.807) is 11.8 Å². The first kappa shape index (κ1) is 15.1. The van der Waals surface area contributed by atoms with Crippen LogP contribution < -0.4 is 0 Å². The molecule has 1 heterocycles. The second-order valence-corrected chi connectivity index (χ2v) is 6.32. The van der Waals surface area contributed by atoms with Gasteiger partial charge in [0.05, 0.1) is 19.2 Å². The zero-order valence-corrected chi connectivity index (χ0v) is 12.7. The van der Waals surface area contributed by atoms with Crippen LogP contribution in [-0.2, 0) is 14.3 Å². The van der Waals surface area contributed by atoms with Crippen LogP contribution in [0.1, 0.15) is 34.1 Å². The third-order valence-electron chi connectivity index (χ3n) is 3.49. The van der Waals surface area contributed by atoms with Gasteiger partial charge in [-0.25, -0.2) is 4.79 Å². The largest absolute Gasteiger partial charge is 0.465 e. The molecule has 0 aromatic heterocycles. The molecule has 1 aliphatic carbocycles. The minimum absolute atomic E-state index is 0.188. The summed E-state index contributed by atoms with van der Waals surface area (Å²) in [4.78, 5) is 27.5. The smallest absolute Gasteiger partial charge is 0.410 e. The number of nitrogens with zero attached hydrogens (tertiary/aromatic N) is 2. The minimum atomic E-state index is -0.469. The van der Waals surface area contributed by atoms with Gasteiger partial charge >= 0.3 is 12.1 Å². The molecule has 2 aliphatic rings. The zero-order valence-electron chi connectivity index (χ0n) is 12.7. The summed E-state index contributed by atoms with van der Waals surface area (Å²) in [5, 5.41) is 0. The SMILES string of the molecule is CCOC(=O)CN1CCN(C(=O)OC(C)(C)C)C2CC21.